The Labute approximate surface area is 170 Å². The molecule has 5 heteroatoms. The van der Waals surface area contributed by atoms with Crippen LogP contribution in [0.5, 0.6) is 0 Å². The van der Waals surface area contributed by atoms with E-state index in [9.17, 15) is 10.1 Å². The minimum Gasteiger partial charge on any atom is -0.322 e. The second-order valence-corrected chi connectivity index (χ2v) is 7.73. The Bertz CT molecular complexity index is 929. The lowest BCUT2D eigenvalue weighted by Crippen LogP contribution is -2.31. The zero-order chi connectivity index (χ0) is 19.9. The van der Waals surface area contributed by atoms with Crippen molar-refractivity contribution >= 4 is 28.4 Å². The normalized spacial score (nSPS) is 19.0. The fraction of sp³-hybridized carbons (Fsp3) is 0.261. The molecular weight excluding hydrogens is 366 g/mol. The van der Waals surface area contributed by atoms with Gasteiger partial charge in [0.25, 0.3) is 5.91 Å². The molecule has 0 bridgehead atoms. The number of amides is 1. The molecule has 0 radical (unpaired) electrons. The smallest absolute Gasteiger partial charge is 0.254 e. The average molecular weight is 390 g/mol. The Hall–Kier alpha value is -2.84. The maximum absolute atomic E-state index is 13.2. The molecule has 0 saturated heterocycles. The molecule has 0 aliphatic carbocycles. The van der Waals surface area contributed by atoms with Crippen molar-refractivity contribution in [3.63, 3.8) is 0 Å². The first-order chi connectivity index (χ1) is 13.7. The van der Waals surface area contributed by atoms with Gasteiger partial charge in [-0.15, -0.1) is 11.8 Å². The van der Waals surface area contributed by atoms with Crippen molar-refractivity contribution in [3.05, 3.63) is 77.5 Å². The van der Waals surface area contributed by atoms with E-state index in [-0.39, 0.29) is 11.8 Å². The Morgan fingerprint density at radius 1 is 1.14 bits per heavy atom. The molecule has 1 N–H and O–H groups in total. The maximum Gasteiger partial charge on any atom is 0.254 e. The highest BCUT2D eigenvalue weighted by molar-refractivity contribution is 8.14. The number of benzene rings is 2. The van der Waals surface area contributed by atoms with Crippen LogP contribution in [0.1, 0.15) is 31.7 Å². The first-order valence-electron chi connectivity index (χ1n) is 9.38. The van der Waals surface area contributed by atoms with Crippen molar-refractivity contribution in [2.45, 2.75) is 26.2 Å². The third-order valence-electron chi connectivity index (χ3n) is 4.61. The summed E-state index contributed by atoms with van der Waals surface area (Å²) in [5, 5.41) is 13.7. The molecule has 0 fully saturated rings. The second-order valence-electron chi connectivity index (χ2n) is 6.61. The predicted molar refractivity (Wildman–Crippen MR) is 116 cm³/mol. The predicted octanol–water partition coefficient (Wildman–Crippen LogP) is 5.38. The topological polar surface area (TPSA) is 65.2 Å². The monoisotopic (exact) mass is 389 g/mol. The van der Waals surface area contributed by atoms with E-state index < -0.39 is 5.92 Å². The molecule has 2 aromatic carbocycles. The molecule has 28 heavy (non-hydrogen) atoms. The van der Waals surface area contributed by atoms with E-state index in [4.69, 9.17) is 0 Å². The van der Waals surface area contributed by atoms with Crippen LogP contribution in [0.3, 0.4) is 0 Å². The number of nitrogens with one attached hydrogen (secondary N) is 1. The summed E-state index contributed by atoms with van der Waals surface area (Å²) >= 11 is 1.61. The third kappa shape index (κ3) is 4.35. The van der Waals surface area contributed by atoms with Gasteiger partial charge in [-0.3, -0.25) is 4.79 Å². The van der Waals surface area contributed by atoms with E-state index >= 15 is 0 Å². The number of anilines is 1. The van der Waals surface area contributed by atoms with Crippen LogP contribution in [-0.2, 0) is 4.79 Å². The van der Waals surface area contributed by atoms with Gasteiger partial charge in [0.1, 0.15) is 5.92 Å². The summed E-state index contributed by atoms with van der Waals surface area (Å²) in [4.78, 5) is 17.9. The first kappa shape index (κ1) is 19.9. The number of hydrogen-bond acceptors (Lipinski definition) is 4. The van der Waals surface area contributed by atoms with Gasteiger partial charge in [0.2, 0.25) is 0 Å². The highest BCUT2D eigenvalue weighted by Crippen LogP contribution is 2.41. The minimum atomic E-state index is -0.473. The van der Waals surface area contributed by atoms with Crippen LogP contribution < -0.4 is 5.32 Å². The van der Waals surface area contributed by atoms with Gasteiger partial charge < -0.3 is 5.32 Å². The van der Waals surface area contributed by atoms with E-state index in [1.165, 1.54) is 0 Å². The molecule has 2 atom stereocenters. The van der Waals surface area contributed by atoms with Crippen molar-refractivity contribution in [2.75, 3.05) is 11.1 Å². The van der Waals surface area contributed by atoms with Gasteiger partial charge in [0, 0.05) is 22.9 Å². The van der Waals surface area contributed by atoms with Crippen LogP contribution in [0.4, 0.5) is 5.69 Å². The fourth-order valence-corrected chi connectivity index (χ4v) is 4.32. The molecule has 3 rings (SSSR count). The fourth-order valence-electron chi connectivity index (χ4n) is 3.33. The number of carbonyl (C=O) groups excluding carboxylic acids is 1. The van der Waals surface area contributed by atoms with Gasteiger partial charge in [-0.2, -0.15) is 5.26 Å². The van der Waals surface area contributed by atoms with Gasteiger partial charge in [-0.05, 0) is 36.8 Å². The molecule has 2 aromatic rings. The zero-order valence-electron chi connectivity index (χ0n) is 16.1. The van der Waals surface area contributed by atoms with Crippen molar-refractivity contribution < 1.29 is 4.79 Å². The third-order valence-corrected chi connectivity index (χ3v) is 5.86. The van der Waals surface area contributed by atoms with Crippen molar-refractivity contribution in [1.82, 2.24) is 0 Å². The maximum atomic E-state index is 13.2. The van der Waals surface area contributed by atoms with Crippen LogP contribution in [0.15, 0.2) is 76.9 Å². The van der Waals surface area contributed by atoms with Crippen LogP contribution in [0.2, 0.25) is 0 Å². The molecular formula is C23H23N3OS. The van der Waals surface area contributed by atoms with E-state index in [1.807, 2.05) is 67.6 Å². The largest absolute Gasteiger partial charge is 0.322 e. The molecule has 0 spiro atoms. The standard InChI is InChI=1S/C23H23N3OS/c1-3-14-28-23-19(15-24)21(17-10-6-4-7-11-17)20(16(2)25-23)22(27)26-18-12-8-5-9-13-18/h4-13,19,21H,3,14H2,1-2H3,(H,26,27)/t19?,21-/m0/s1. The van der Waals surface area contributed by atoms with Crippen molar-refractivity contribution in [3.8, 4) is 6.07 Å². The number of aliphatic imine (C=N–C) groups is 1. The minimum absolute atomic E-state index is 0.207. The lowest BCUT2D eigenvalue weighted by atomic mass is 9.78. The molecule has 1 aliphatic heterocycles. The Kier molecular flexibility index (Phi) is 6.67. The first-order valence-corrected chi connectivity index (χ1v) is 10.4. The van der Waals surface area contributed by atoms with E-state index in [0.717, 1.165) is 28.5 Å². The number of allylic oxidation sites excluding steroid dienone is 1. The number of carbonyl (C=O) groups is 1. The van der Waals surface area contributed by atoms with Gasteiger partial charge in [0.05, 0.1) is 11.1 Å². The summed E-state index contributed by atoms with van der Waals surface area (Å²) < 4.78 is 0. The van der Waals surface area contributed by atoms with Crippen LogP contribution >= 0.6 is 11.8 Å². The zero-order valence-corrected chi connectivity index (χ0v) is 16.9. The Balaban J connectivity index is 2.05. The Morgan fingerprint density at radius 3 is 2.39 bits per heavy atom. The number of nitrogens with zero attached hydrogens (tertiary/aromatic N) is 2. The summed E-state index contributed by atoms with van der Waals surface area (Å²) in [6.07, 6.45) is 1.00. The summed E-state index contributed by atoms with van der Waals surface area (Å²) in [6.45, 7) is 3.96. The molecule has 1 unspecified atom stereocenters. The number of thioether (sulfide) groups is 1. The van der Waals surface area contributed by atoms with Crippen LogP contribution in [0.25, 0.3) is 0 Å². The molecule has 0 saturated carbocycles. The summed E-state index contributed by atoms with van der Waals surface area (Å²) in [6, 6.07) is 21.5. The van der Waals surface area contributed by atoms with E-state index in [2.05, 4.69) is 23.3 Å². The second kappa shape index (κ2) is 9.38. The SMILES string of the molecule is CCCSC1=NC(C)=C(C(=O)Nc2ccccc2)[C@@H](c2ccccc2)C1C#N. The number of nitriles is 1. The van der Waals surface area contributed by atoms with Crippen LogP contribution in [-0.4, -0.2) is 16.7 Å². The highest BCUT2D eigenvalue weighted by atomic mass is 32.2. The average Bonchev–Trinajstić information content (AvgIpc) is 2.72. The molecule has 0 aromatic heterocycles. The lowest BCUT2D eigenvalue weighted by molar-refractivity contribution is -0.113. The molecule has 1 aliphatic rings. The highest BCUT2D eigenvalue weighted by Gasteiger charge is 2.38. The number of para-hydroxylation sites is 1. The van der Waals surface area contributed by atoms with Gasteiger partial charge in [-0.25, -0.2) is 4.99 Å². The van der Waals surface area contributed by atoms with Gasteiger partial charge in [-0.1, -0.05) is 55.5 Å². The number of rotatable bonds is 5. The Morgan fingerprint density at radius 2 is 1.79 bits per heavy atom. The van der Waals surface area contributed by atoms with Crippen molar-refractivity contribution in [1.29, 1.82) is 5.26 Å². The quantitative estimate of drug-likeness (QED) is 0.747. The van der Waals surface area contributed by atoms with Crippen LogP contribution in [0, 0.1) is 17.2 Å². The number of hydrogen-bond donors (Lipinski definition) is 1. The lowest BCUT2D eigenvalue weighted by Gasteiger charge is -2.30. The molecule has 1 amide bonds. The molecule has 142 valence electrons. The summed E-state index contributed by atoms with van der Waals surface area (Å²) in [5.74, 6) is -0.121. The van der Waals surface area contributed by atoms with E-state index in [0.29, 0.717) is 11.3 Å². The van der Waals surface area contributed by atoms with Crippen molar-refractivity contribution in [2.24, 2.45) is 10.9 Å². The molecule has 1 heterocycles. The van der Waals surface area contributed by atoms with Gasteiger partial charge >= 0.3 is 0 Å². The summed E-state index contributed by atoms with van der Waals surface area (Å²) in [5.41, 5.74) is 2.91. The molecule has 4 nitrogen and oxygen atoms in total. The summed E-state index contributed by atoms with van der Waals surface area (Å²) in [7, 11) is 0. The van der Waals surface area contributed by atoms with E-state index in [1.54, 1.807) is 11.8 Å². The van der Waals surface area contributed by atoms with Gasteiger partial charge in [0.15, 0.2) is 0 Å².